The molecule has 1 aromatic rings. The zero-order valence-electron chi connectivity index (χ0n) is 7.40. The van der Waals surface area contributed by atoms with Gasteiger partial charge in [-0.1, -0.05) is 0 Å². The monoisotopic (exact) mass is 247 g/mol. The normalized spacial score (nSPS) is 7.46. The summed E-state index contributed by atoms with van der Waals surface area (Å²) in [6, 6.07) is 7.16. The maximum Gasteiger partial charge on any atom is 0.296 e. The molecule has 0 atom stereocenters. The predicted octanol–water partition coefficient (Wildman–Crippen LogP) is 1.73. The fraction of sp³-hybridized carbons (Fsp3) is 0.125. The first-order valence-electron chi connectivity index (χ1n) is 3.28. The summed E-state index contributed by atoms with van der Waals surface area (Å²) < 4.78 is 0. The van der Waals surface area contributed by atoms with Crippen molar-refractivity contribution in [3.05, 3.63) is 35.4 Å². The van der Waals surface area contributed by atoms with Crippen LogP contribution in [0.5, 0.6) is 0 Å². The maximum absolute atomic E-state index is 8.41. The van der Waals surface area contributed by atoms with Gasteiger partial charge in [-0.15, -0.1) is 12.4 Å². The van der Waals surface area contributed by atoms with E-state index in [1.165, 1.54) is 0 Å². The Hall–Kier alpha value is -0.687. The molecule has 0 bridgehead atoms. The van der Waals surface area contributed by atoms with Crippen molar-refractivity contribution in [1.29, 1.82) is 0 Å². The molecule has 0 aliphatic carbocycles. The Labute approximate surface area is 96.1 Å². The van der Waals surface area contributed by atoms with Gasteiger partial charge in [0.1, 0.15) is 0 Å². The van der Waals surface area contributed by atoms with Crippen LogP contribution in [0.2, 0.25) is 0 Å². The molecule has 0 saturated carbocycles. The van der Waals surface area contributed by atoms with E-state index >= 15 is 0 Å². The van der Waals surface area contributed by atoms with Crippen molar-refractivity contribution >= 4 is 23.8 Å². The molecule has 0 saturated heterocycles. The minimum Gasteiger partial charge on any atom is -0.399 e. The van der Waals surface area contributed by atoms with Gasteiger partial charge in [0.2, 0.25) is 0 Å². The summed E-state index contributed by atoms with van der Waals surface area (Å²) in [5, 5.41) is 0. The molecular weight excluding hydrogens is 239 g/mol. The van der Waals surface area contributed by atoms with Crippen molar-refractivity contribution < 1.29 is 24.3 Å². The number of benzene rings is 1. The Bertz CT molecular complexity index is 304. The number of nitrogens with zero attached hydrogens (tertiary/aromatic N) is 2. The number of anilines is 1. The van der Waals surface area contributed by atoms with Crippen molar-refractivity contribution in [1.82, 2.24) is 0 Å². The molecule has 13 heavy (non-hydrogen) atoms. The van der Waals surface area contributed by atoms with Crippen LogP contribution < -0.4 is 5.73 Å². The number of rotatable bonds is 1. The zero-order valence-corrected chi connectivity index (χ0v) is 11.2. The molecule has 66 valence electrons. The molecule has 1 rings (SSSR count). The number of nitrogens with two attached hydrogens (primary N) is 1. The van der Waals surface area contributed by atoms with Gasteiger partial charge in [-0.05, 0) is 24.3 Å². The van der Waals surface area contributed by atoms with Gasteiger partial charge in [-0.3, -0.25) is 0 Å². The van der Waals surface area contributed by atoms with Crippen molar-refractivity contribution in [3.8, 4) is 0 Å². The largest absolute Gasteiger partial charge is 0.399 e. The molecule has 5 heteroatoms. The van der Waals surface area contributed by atoms with Crippen molar-refractivity contribution in [2.45, 2.75) is 6.92 Å². The summed E-state index contributed by atoms with van der Waals surface area (Å²) in [5.41, 5.74) is 16.1. The zero-order chi connectivity index (χ0) is 8.27. The second kappa shape index (κ2) is 6.79. The van der Waals surface area contributed by atoms with Crippen LogP contribution in [-0.4, -0.2) is 10.5 Å². The molecule has 0 fully saturated rings. The third-order valence-corrected chi connectivity index (χ3v) is 1.48. The van der Waals surface area contributed by atoms with Crippen molar-refractivity contribution in [2.24, 2.45) is 0 Å². The molecule has 0 heterocycles. The van der Waals surface area contributed by atoms with E-state index in [0.717, 1.165) is 5.56 Å². The third-order valence-electron chi connectivity index (χ3n) is 1.48. The Morgan fingerprint density at radius 2 is 1.77 bits per heavy atom. The molecule has 2 N–H and O–H groups in total. The van der Waals surface area contributed by atoms with Gasteiger partial charge < -0.3 is 11.3 Å². The summed E-state index contributed by atoms with van der Waals surface area (Å²) in [7, 11) is 0. The van der Waals surface area contributed by atoms with E-state index in [-0.39, 0.29) is 31.9 Å². The van der Waals surface area contributed by atoms with Crippen LogP contribution in [0.3, 0.4) is 0 Å². The summed E-state index contributed by atoms with van der Waals surface area (Å²) in [5.74, 6) is 0. The quantitative estimate of drug-likeness (QED) is 0.266. The molecule has 3 nitrogen and oxygen atoms in total. The van der Waals surface area contributed by atoms with Crippen LogP contribution in [-0.2, 0) is 19.5 Å². The van der Waals surface area contributed by atoms with Gasteiger partial charge in [-0.2, -0.15) is 4.79 Å². The number of hydrogen-bond acceptors (Lipinski definition) is 1. The topological polar surface area (TPSA) is 62.4 Å². The molecule has 0 unspecified atom stereocenters. The Morgan fingerprint density at radius 1 is 1.31 bits per heavy atom. The summed E-state index contributed by atoms with van der Waals surface area (Å²) in [6.45, 7) is 1.73. The standard InChI is InChI=1S/C8H9N3.ClH.Zn/c1-6(11-10)7-2-4-8(9)5-3-7;;/h2-5H,9H2,1H3;1H;. The Morgan fingerprint density at radius 3 is 2.15 bits per heavy atom. The van der Waals surface area contributed by atoms with E-state index in [4.69, 9.17) is 11.3 Å². The molecule has 0 radical (unpaired) electrons. The van der Waals surface area contributed by atoms with Crippen molar-refractivity contribution in [3.63, 3.8) is 0 Å². The van der Waals surface area contributed by atoms with Gasteiger partial charge in [0, 0.05) is 32.1 Å². The Balaban J connectivity index is 0. The average Bonchev–Trinajstić information content (AvgIpc) is 2.05. The average molecular weight is 249 g/mol. The van der Waals surface area contributed by atoms with Crippen LogP contribution >= 0.6 is 12.4 Å². The van der Waals surface area contributed by atoms with Crippen molar-refractivity contribution in [2.75, 3.05) is 5.73 Å². The second-order valence-electron chi connectivity index (χ2n) is 2.31. The van der Waals surface area contributed by atoms with Crippen LogP contribution in [0.15, 0.2) is 24.3 Å². The Kier molecular flexibility index (Phi) is 7.74. The van der Waals surface area contributed by atoms with E-state index in [1.54, 1.807) is 19.1 Å². The van der Waals surface area contributed by atoms with E-state index < -0.39 is 0 Å². The SMILES string of the molecule is CC(=[N+]=[N-])c1ccc(N)cc1.Cl.[Zn]. The fourth-order valence-electron chi connectivity index (χ4n) is 0.782. The molecule has 0 aliphatic heterocycles. The number of halogens is 1. The smallest absolute Gasteiger partial charge is 0.296 e. The van der Waals surface area contributed by atoms with E-state index in [9.17, 15) is 0 Å². The fourth-order valence-corrected chi connectivity index (χ4v) is 0.782. The number of hydrogen-bond donors (Lipinski definition) is 1. The van der Waals surface area contributed by atoms with E-state index in [1.807, 2.05) is 12.1 Å². The van der Waals surface area contributed by atoms with Gasteiger partial charge in [0.05, 0.1) is 5.56 Å². The maximum atomic E-state index is 8.41. The van der Waals surface area contributed by atoms with E-state index in [0.29, 0.717) is 11.4 Å². The minimum absolute atomic E-state index is 0. The third kappa shape index (κ3) is 4.18. The molecule has 1 aromatic carbocycles. The molecular formula is C8H10ClN3Zn. The summed E-state index contributed by atoms with van der Waals surface area (Å²) in [6.07, 6.45) is 0. The minimum atomic E-state index is 0. The molecule has 0 aromatic heterocycles. The van der Waals surface area contributed by atoms with Gasteiger partial charge in [-0.25, -0.2) is 0 Å². The molecule has 0 aliphatic rings. The van der Waals surface area contributed by atoms with Gasteiger partial charge >= 0.3 is 0 Å². The first-order valence-corrected chi connectivity index (χ1v) is 3.28. The second-order valence-corrected chi connectivity index (χ2v) is 2.31. The van der Waals surface area contributed by atoms with Gasteiger partial charge in [0.25, 0.3) is 5.71 Å². The first kappa shape index (κ1) is 14.8. The van der Waals surface area contributed by atoms with Crippen LogP contribution in [0, 0.1) is 0 Å². The van der Waals surface area contributed by atoms with Crippen LogP contribution in [0.1, 0.15) is 12.5 Å². The van der Waals surface area contributed by atoms with Gasteiger partial charge in [0.15, 0.2) is 0 Å². The summed E-state index contributed by atoms with van der Waals surface area (Å²) >= 11 is 0. The van der Waals surface area contributed by atoms with Crippen LogP contribution in [0.25, 0.3) is 5.53 Å². The number of nitrogen functional groups attached to an aromatic ring is 1. The summed E-state index contributed by atoms with van der Waals surface area (Å²) in [4.78, 5) is 3.06. The van der Waals surface area contributed by atoms with E-state index in [2.05, 4.69) is 4.79 Å². The molecule has 0 spiro atoms. The molecule has 0 amide bonds. The predicted molar refractivity (Wildman–Crippen MR) is 51.5 cm³/mol. The van der Waals surface area contributed by atoms with Crippen LogP contribution in [0.4, 0.5) is 5.69 Å². The first-order chi connectivity index (χ1) is 5.24.